The van der Waals surface area contributed by atoms with Crippen LogP contribution in [0.1, 0.15) is 23.0 Å². The fraction of sp³-hybridized carbons (Fsp3) is 0.400. The molecular weight excluding hydrogens is 196 g/mol. The summed E-state index contributed by atoms with van der Waals surface area (Å²) >= 11 is 0. The number of pyridine rings is 1. The number of carbonyl (C=O) groups excluding carboxylic acids is 1. The lowest BCUT2D eigenvalue weighted by atomic mass is 10.2. The summed E-state index contributed by atoms with van der Waals surface area (Å²) in [4.78, 5) is 15.3. The number of aliphatic hydroxyl groups is 1. The molecule has 0 saturated carbocycles. The minimum atomic E-state index is -0.488. The van der Waals surface area contributed by atoms with Crippen LogP contribution in [0.3, 0.4) is 0 Å². The lowest BCUT2D eigenvalue weighted by molar-refractivity contribution is 0.0914. The first-order chi connectivity index (χ1) is 7.06. The number of carbonyl (C=O) groups is 1. The van der Waals surface area contributed by atoms with Gasteiger partial charge in [-0.05, 0) is 25.5 Å². The second kappa shape index (κ2) is 4.75. The summed E-state index contributed by atoms with van der Waals surface area (Å²) < 4.78 is 0. The molecule has 0 spiro atoms. The summed E-state index contributed by atoms with van der Waals surface area (Å²) in [5, 5.41) is 20.8. The fourth-order valence-corrected chi connectivity index (χ4v) is 1.05. The van der Waals surface area contributed by atoms with E-state index in [1.165, 1.54) is 6.20 Å². The second-order valence-corrected chi connectivity index (χ2v) is 3.38. The van der Waals surface area contributed by atoms with E-state index in [1.54, 1.807) is 19.9 Å². The Morgan fingerprint density at radius 2 is 2.33 bits per heavy atom. The molecule has 82 valence electrons. The van der Waals surface area contributed by atoms with Gasteiger partial charge in [0.2, 0.25) is 0 Å². The van der Waals surface area contributed by atoms with Crippen molar-refractivity contribution in [1.82, 2.24) is 10.3 Å². The Morgan fingerprint density at radius 1 is 1.67 bits per heavy atom. The van der Waals surface area contributed by atoms with E-state index in [9.17, 15) is 9.90 Å². The monoisotopic (exact) mass is 210 g/mol. The molecular formula is C10H14N2O3. The molecule has 15 heavy (non-hydrogen) atoms. The number of rotatable bonds is 3. The highest BCUT2D eigenvalue weighted by Gasteiger charge is 2.15. The van der Waals surface area contributed by atoms with Crippen LogP contribution in [0.5, 0.6) is 5.75 Å². The molecule has 0 aliphatic heterocycles. The third-order valence-electron chi connectivity index (χ3n) is 1.99. The van der Waals surface area contributed by atoms with Crippen LogP contribution in [0.2, 0.25) is 0 Å². The Bertz CT molecular complexity index is 366. The van der Waals surface area contributed by atoms with Crippen LogP contribution in [0.25, 0.3) is 0 Å². The van der Waals surface area contributed by atoms with Gasteiger partial charge in [0.1, 0.15) is 5.75 Å². The van der Waals surface area contributed by atoms with E-state index >= 15 is 0 Å². The first-order valence-electron chi connectivity index (χ1n) is 4.62. The van der Waals surface area contributed by atoms with Gasteiger partial charge in [0.25, 0.3) is 5.91 Å². The number of nitrogens with one attached hydrogen (secondary N) is 1. The molecule has 1 aromatic heterocycles. The molecule has 0 bridgehead atoms. The van der Waals surface area contributed by atoms with Crippen LogP contribution >= 0.6 is 0 Å². The maximum atomic E-state index is 11.5. The van der Waals surface area contributed by atoms with E-state index in [1.807, 2.05) is 0 Å². The zero-order valence-electron chi connectivity index (χ0n) is 8.69. The summed E-state index contributed by atoms with van der Waals surface area (Å²) in [7, 11) is 0. The van der Waals surface area contributed by atoms with Crippen LogP contribution in [0.15, 0.2) is 12.3 Å². The Balaban J connectivity index is 2.87. The standard InChI is InChI=1S/C10H14N2O3/c1-6-3-4-11-8(9(6)14)10(15)12-7(2)5-13/h3-4,7,13-14H,5H2,1-2H3,(H,12,15). The van der Waals surface area contributed by atoms with Gasteiger partial charge in [-0.1, -0.05) is 0 Å². The van der Waals surface area contributed by atoms with Gasteiger partial charge in [-0.25, -0.2) is 4.98 Å². The van der Waals surface area contributed by atoms with Crippen molar-refractivity contribution >= 4 is 5.91 Å². The lowest BCUT2D eigenvalue weighted by Crippen LogP contribution is -2.35. The van der Waals surface area contributed by atoms with E-state index in [0.717, 1.165) is 0 Å². The van der Waals surface area contributed by atoms with Gasteiger partial charge in [0.05, 0.1) is 6.61 Å². The largest absolute Gasteiger partial charge is 0.505 e. The zero-order valence-corrected chi connectivity index (χ0v) is 8.69. The third kappa shape index (κ3) is 2.66. The van der Waals surface area contributed by atoms with Crippen molar-refractivity contribution in [3.63, 3.8) is 0 Å². The summed E-state index contributed by atoms with van der Waals surface area (Å²) in [5.74, 6) is -0.613. The SMILES string of the molecule is Cc1ccnc(C(=O)NC(C)CO)c1O. The molecule has 3 N–H and O–H groups in total. The third-order valence-corrected chi connectivity index (χ3v) is 1.99. The van der Waals surface area contributed by atoms with Crippen molar-refractivity contribution in [1.29, 1.82) is 0 Å². The van der Waals surface area contributed by atoms with Gasteiger partial charge in [-0.15, -0.1) is 0 Å². The van der Waals surface area contributed by atoms with Crippen LogP contribution in [-0.2, 0) is 0 Å². The smallest absolute Gasteiger partial charge is 0.274 e. The molecule has 1 heterocycles. The van der Waals surface area contributed by atoms with Crippen molar-refractivity contribution in [2.24, 2.45) is 0 Å². The quantitative estimate of drug-likeness (QED) is 0.666. The molecule has 0 fully saturated rings. The first kappa shape index (κ1) is 11.5. The normalized spacial score (nSPS) is 12.2. The summed E-state index contributed by atoms with van der Waals surface area (Å²) in [5.41, 5.74) is 0.571. The van der Waals surface area contributed by atoms with Gasteiger partial charge < -0.3 is 15.5 Å². The molecule has 0 aromatic carbocycles. The molecule has 5 nitrogen and oxygen atoms in total. The molecule has 0 saturated heterocycles. The van der Waals surface area contributed by atoms with Crippen LogP contribution < -0.4 is 5.32 Å². The zero-order chi connectivity index (χ0) is 11.4. The second-order valence-electron chi connectivity index (χ2n) is 3.38. The predicted molar refractivity (Wildman–Crippen MR) is 54.7 cm³/mol. The van der Waals surface area contributed by atoms with E-state index < -0.39 is 5.91 Å². The maximum Gasteiger partial charge on any atom is 0.274 e. The average Bonchev–Trinajstić information content (AvgIpc) is 2.21. The van der Waals surface area contributed by atoms with Crippen molar-refractivity contribution in [3.8, 4) is 5.75 Å². The number of aromatic hydroxyl groups is 1. The summed E-state index contributed by atoms with van der Waals surface area (Å²) in [6, 6.07) is 1.25. The number of aromatic nitrogens is 1. The summed E-state index contributed by atoms with van der Waals surface area (Å²) in [6.45, 7) is 3.19. The van der Waals surface area contributed by atoms with Crippen LogP contribution in [-0.4, -0.2) is 33.8 Å². The minimum absolute atomic E-state index is 0.0182. The Hall–Kier alpha value is -1.62. The highest BCUT2D eigenvalue weighted by molar-refractivity contribution is 5.95. The number of hydrogen-bond acceptors (Lipinski definition) is 4. The van der Waals surface area contributed by atoms with E-state index in [-0.39, 0.29) is 24.1 Å². The number of nitrogens with zero attached hydrogens (tertiary/aromatic N) is 1. The number of aliphatic hydroxyl groups excluding tert-OH is 1. The maximum absolute atomic E-state index is 11.5. The molecule has 1 unspecified atom stereocenters. The highest BCUT2D eigenvalue weighted by atomic mass is 16.3. The van der Waals surface area contributed by atoms with Gasteiger partial charge in [0.15, 0.2) is 5.69 Å². The van der Waals surface area contributed by atoms with Gasteiger partial charge >= 0.3 is 0 Å². The lowest BCUT2D eigenvalue weighted by Gasteiger charge is -2.11. The Labute approximate surface area is 87.8 Å². The van der Waals surface area contributed by atoms with E-state index in [4.69, 9.17) is 5.11 Å². The molecule has 5 heteroatoms. The summed E-state index contributed by atoms with van der Waals surface area (Å²) in [6.07, 6.45) is 1.45. The van der Waals surface area contributed by atoms with E-state index in [0.29, 0.717) is 5.56 Å². The first-order valence-corrected chi connectivity index (χ1v) is 4.62. The van der Waals surface area contributed by atoms with Crippen molar-refractivity contribution in [2.75, 3.05) is 6.61 Å². The fourth-order valence-electron chi connectivity index (χ4n) is 1.05. The molecule has 1 rings (SSSR count). The predicted octanol–water partition coefficient (Wildman–Crippen LogP) is 0.206. The van der Waals surface area contributed by atoms with Gasteiger partial charge in [-0.3, -0.25) is 4.79 Å². The molecule has 1 amide bonds. The van der Waals surface area contributed by atoms with Crippen molar-refractivity contribution in [2.45, 2.75) is 19.9 Å². The number of aryl methyl sites for hydroxylation is 1. The molecule has 1 atom stereocenters. The highest BCUT2D eigenvalue weighted by Crippen LogP contribution is 2.18. The molecule has 1 aromatic rings. The average molecular weight is 210 g/mol. The molecule has 0 aliphatic rings. The van der Waals surface area contributed by atoms with Crippen molar-refractivity contribution < 1.29 is 15.0 Å². The van der Waals surface area contributed by atoms with Gasteiger partial charge in [0, 0.05) is 12.2 Å². The van der Waals surface area contributed by atoms with E-state index in [2.05, 4.69) is 10.3 Å². The Morgan fingerprint density at radius 3 is 2.93 bits per heavy atom. The molecule has 0 aliphatic carbocycles. The van der Waals surface area contributed by atoms with Crippen molar-refractivity contribution in [3.05, 3.63) is 23.5 Å². The van der Waals surface area contributed by atoms with Crippen LogP contribution in [0, 0.1) is 6.92 Å². The number of hydrogen-bond donors (Lipinski definition) is 3. The number of amides is 1. The minimum Gasteiger partial charge on any atom is -0.505 e. The topological polar surface area (TPSA) is 82.5 Å². The molecule has 0 radical (unpaired) electrons. The van der Waals surface area contributed by atoms with Gasteiger partial charge in [-0.2, -0.15) is 0 Å². The Kier molecular flexibility index (Phi) is 3.62. The van der Waals surface area contributed by atoms with Crippen LogP contribution in [0.4, 0.5) is 0 Å².